The summed E-state index contributed by atoms with van der Waals surface area (Å²) in [6, 6.07) is 0. The van der Waals surface area contributed by atoms with Gasteiger partial charge in [-0.15, -0.1) is 0 Å². The van der Waals surface area contributed by atoms with Gasteiger partial charge in [-0.2, -0.15) is 0 Å². The molecule has 0 aromatic rings. The van der Waals surface area contributed by atoms with Crippen molar-refractivity contribution >= 4 is 36.4 Å². The van der Waals surface area contributed by atoms with Crippen LogP contribution >= 0.6 is 0 Å². The fourth-order valence-electron chi connectivity index (χ4n) is 8.93. The minimum Gasteiger partial charge on any atom is -0.462 e. The molecule has 0 saturated carbocycles. The second-order valence-electron chi connectivity index (χ2n) is 20.9. The van der Waals surface area contributed by atoms with Crippen molar-refractivity contribution < 1.29 is 71.4 Å². The van der Waals surface area contributed by atoms with E-state index in [0.717, 1.165) is 211 Å². The molecular formula is C66H110O15. The molecule has 0 aliphatic rings. The molecule has 0 aromatic heterocycles. The van der Waals surface area contributed by atoms with E-state index in [1.165, 1.54) is 0 Å². The van der Waals surface area contributed by atoms with Gasteiger partial charge in [-0.05, 0) is 96.3 Å². The molecule has 81 heavy (non-hydrogen) atoms. The lowest BCUT2D eigenvalue weighted by Crippen LogP contribution is -2.30. The zero-order valence-corrected chi connectivity index (χ0v) is 50.7. The van der Waals surface area contributed by atoms with Gasteiger partial charge >= 0.3 is 36.4 Å². The molecule has 0 aromatic carbocycles. The largest absolute Gasteiger partial charge is 0.513 e. The van der Waals surface area contributed by atoms with E-state index in [4.69, 9.17) is 42.6 Å². The number of rotatable bonds is 56. The average molecular weight is 1140 g/mol. The van der Waals surface area contributed by atoms with E-state index in [1.54, 1.807) is 0 Å². The van der Waals surface area contributed by atoms with Gasteiger partial charge < -0.3 is 42.6 Å². The minimum absolute atomic E-state index is 0.189. The summed E-state index contributed by atoms with van der Waals surface area (Å²) in [7, 11) is 0. The molecule has 0 spiro atoms. The molecule has 0 heterocycles. The number of esters is 3. The Morgan fingerprint density at radius 2 is 0.605 bits per heavy atom. The third-order valence-electron chi connectivity index (χ3n) is 13.6. The standard InChI is InChI=1S/C66H110O15/c1-7-13-16-37-46-57(79-64(70)73-10-4)49-40-31-25-19-22-28-34-43-52-61(67)76-55-60(78-63(69)54-45-36-30-24-21-27-33-42-51-59(48-39-18-15-9-3)81-66(72)75-12-6)56-77-62(68)53-44-35-29-23-20-26-32-41-50-58(47-38-17-14-8-2)80-65(71)74-11-5/h10-12,31-33,40-42,57-60H,4-9,13-30,34-39,43-56H2,1-3H3/b40-31-,41-32-,42-33-/t57-,58-,59-/m1/s1. The number of hydrogen-bond donors (Lipinski definition) is 0. The number of unbranched alkanes of at least 4 members (excludes halogenated alkanes) is 24. The van der Waals surface area contributed by atoms with E-state index in [0.29, 0.717) is 38.5 Å². The second kappa shape index (κ2) is 57.9. The number of carbonyl (C=O) groups is 6. The Morgan fingerprint density at radius 1 is 0.321 bits per heavy atom. The predicted molar refractivity (Wildman–Crippen MR) is 321 cm³/mol. The van der Waals surface area contributed by atoms with Crippen molar-refractivity contribution in [1.29, 1.82) is 0 Å². The molecule has 0 rings (SSSR count). The lowest BCUT2D eigenvalue weighted by molar-refractivity contribution is -0.167. The van der Waals surface area contributed by atoms with E-state index in [9.17, 15) is 28.8 Å². The van der Waals surface area contributed by atoms with Crippen LogP contribution in [0.4, 0.5) is 14.4 Å². The molecule has 0 aliphatic carbocycles. The third kappa shape index (κ3) is 52.5. The van der Waals surface area contributed by atoms with Crippen LogP contribution in [0.1, 0.15) is 271 Å². The molecule has 0 aliphatic heterocycles. The van der Waals surface area contributed by atoms with Crippen LogP contribution < -0.4 is 0 Å². The Labute approximate surface area is 489 Å². The highest BCUT2D eigenvalue weighted by molar-refractivity contribution is 5.71. The smallest absolute Gasteiger partial charge is 0.462 e. The van der Waals surface area contributed by atoms with Crippen molar-refractivity contribution in [1.82, 2.24) is 0 Å². The van der Waals surface area contributed by atoms with Gasteiger partial charge in [-0.25, -0.2) is 14.4 Å². The first-order chi connectivity index (χ1) is 39.5. The van der Waals surface area contributed by atoms with Gasteiger partial charge in [0.1, 0.15) is 31.5 Å². The summed E-state index contributed by atoms with van der Waals surface area (Å²) in [5.41, 5.74) is 0. The zero-order valence-electron chi connectivity index (χ0n) is 50.7. The van der Waals surface area contributed by atoms with Crippen molar-refractivity contribution in [3.63, 3.8) is 0 Å². The Bertz CT molecular complexity index is 1620. The Morgan fingerprint density at radius 3 is 0.914 bits per heavy atom. The minimum atomic E-state index is -0.903. The molecule has 0 amide bonds. The predicted octanol–water partition coefficient (Wildman–Crippen LogP) is 18.9. The summed E-state index contributed by atoms with van der Waals surface area (Å²) in [5, 5.41) is 0. The van der Waals surface area contributed by atoms with Crippen LogP contribution in [0.2, 0.25) is 0 Å². The maximum Gasteiger partial charge on any atom is 0.513 e. The highest BCUT2D eigenvalue weighted by Gasteiger charge is 2.20. The molecule has 0 unspecified atom stereocenters. The Kier molecular flexibility index (Phi) is 54.1. The van der Waals surface area contributed by atoms with Gasteiger partial charge in [0.25, 0.3) is 0 Å². The van der Waals surface area contributed by atoms with Gasteiger partial charge in [0.15, 0.2) is 6.10 Å². The molecule has 0 N–H and O–H groups in total. The van der Waals surface area contributed by atoms with Crippen molar-refractivity contribution in [2.75, 3.05) is 13.2 Å². The maximum absolute atomic E-state index is 13.0. The average Bonchev–Trinajstić information content (AvgIpc) is 3.44. The third-order valence-corrected chi connectivity index (χ3v) is 13.6. The van der Waals surface area contributed by atoms with Crippen molar-refractivity contribution in [2.24, 2.45) is 0 Å². The molecule has 464 valence electrons. The summed E-state index contributed by atoms with van der Waals surface area (Å²) in [4.78, 5) is 74.1. The van der Waals surface area contributed by atoms with Crippen LogP contribution in [-0.2, 0) is 57.0 Å². The van der Waals surface area contributed by atoms with E-state index >= 15 is 0 Å². The topological polar surface area (TPSA) is 185 Å². The fraction of sp³-hybridized carbons (Fsp3) is 0.727. The van der Waals surface area contributed by atoms with Crippen molar-refractivity contribution in [3.05, 3.63) is 75.0 Å². The lowest BCUT2D eigenvalue weighted by Gasteiger charge is -2.18. The first-order valence-corrected chi connectivity index (χ1v) is 31.4. The second-order valence-corrected chi connectivity index (χ2v) is 20.9. The molecule has 15 heteroatoms. The quantitative estimate of drug-likeness (QED) is 0.0184. The summed E-state index contributed by atoms with van der Waals surface area (Å²) < 4.78 is 47.5. The summed E-state index contributed by atoms with van der Waals surface area (Å²) in [6.45, 7) is 16.4. The Hall–Kier alpha value is -5.34. The molecule has 0 bridgehead atoms. The molecule has 3 atom stereocenters. The molecular weight excluding hydrogens is 1030 g/mol. The fourth-order valence-corrected chi connectivity index (χ4v) is 8.93. The normalized spacial score (nSPS) is 12.4. The molecule has 0 saturated heterocycles. The van der Waals surface area contributed by atoms with Crippen LogP contribution in [0.25, 0.3) is 0 Å². The molecule has 15 nitrogen and oxygen atoms in total. The summed E-state index contributed by atoms with van der Waals surface area (Å²) >= 11 is 0. The van der Waals surface area contributed by atoms with E-state index < -0.39 is 30.5 Å². The van der Waals surface area contributed by atoms with Gasteiger partial charge in [-0.3, -0.25) is 14.4 Å². The zero-order chi connectivity index (χ0) is 59.5. The van der Waals surface area contributed by atoms with Crippen LogP contribution in [0.5, 0.6) is 0 Å². The maximum atomic E-state index is 13.0. The van der Waals surface area contributed by atoms with Crippen LogP contribution in [0.3, 0.4) is 0 Å². The number of carbonyl (C=O) groups excluding carboxylic acids is 6. The summed E-state index contributed by atoms with van der Waals surface area (Å²) in [6.07, 6.45) is 46.6. The van der Waals surface area contributed by atoms with Crippen LogP contribution in [-0.4, -0.2) is 74.0 Å². The van der Waals surface area contributed by atoms with E-state index in [2.05, 4.69) is 77.0 Å². The highest BCUT2D eigenvalue weighted by Crippen LogP contribution is 2.19. The molecule has 0 fully saturated rings. The van der Waals surface area contributed by atoms with E-state index in [1.807, 2.05) is 0 Å². The van der Waals surface area contributed by atoms with E-state index in [-0.39, 0.29) is 62.7 Å². The van der Waals surface area contributed by atoms with Crippen molar-refractivity contribution in [2.45, 2.75) is 296 Å². The number of ether oxygens (including phenoxy) is 9. The Balaban J connectivity index is 4.94. The SMILES string of the molecule is C=COC(=O)O[C@@H](C/C=C\CCCCCCCC(=O)OCC(COC(=O)CCCCCCC/C=C\C[C@@H](CCCCCC)OC(=O)OC=C)OC(=O)CCCCCCC/C=C\C[C@@H](CCCCCC)OC(=O)OC=C)CCCCCC. The summed E-state index contributed by atoms with van der Waals surface area (Å²) in [5.74, 6) is -1.19. The van der Waals surface area contributed by atoms with Gasteiger partial charge in [0.2, 0.25) is 0 Å². The lowest BCUT2D eigenvalue weighted by atomic mass is 10.1. The molecule has 0 radical (unpaired) electrons. The van der Waals surface area contributed by atoms with Gasteiger partial charge in [0.05, 0.1) is 18.8 Å². The van der Waals surface area contributed by atoms with Crippen LogP contribution in [0, 0.1) is 0 Å². The van der Waals surface area contributed by atoms with Gasteiger partial charge in [0, 0.05) is 38.5 Å². The number of allylic oxidation sites excluding steroid dienone is 3. The number of hydrogen-bond acceptors (Lipinski definition) is 15. The van der Waals surface area contributed by atoms with Gasteiger partial charge in [-0.1, -0.05) is 193 Å². The monoisotopic (exact) mass is 1140 g/mol. The first-order valence-electron chi connectivity index (χ1n) is 31.4. The van der Waals surface area contributed by atoms with Crippen LogP contribution in [0.15, 0.2) is 75.0 Å². The highest BCUT2D eigenvalue weighted by atomic mass is 16.7. The first kappa shape index (κ1) is 75.7. The van der Waals surface area contributed by atoms with Crippen molar-refractivity contribution in [3.8, 4) is 0 Å².